The Bertz CT molecular complexity index is 168. The molecule has 0 spiro atoms. The van der Waals surface area contributed by atoms with Crippen LogP contribution in [0.4, 0.5) is 0 Å². The van der Waals surface area contributed by atoms with Gasteiger partial charge < -0.3 is 10.6 Å². The number of carbonyl (C=O) groups excluding carboxylic acids is 1. The van der Waals surface area contributed by atoms with E-state index in [-0.39, 0.29) is 11.8 Å². The molecule has 1 amide bonds. The van der Waals surface area contributed by atoms with E-state index in [0.29, 0.717) is 6.04 Å². The highest BCUT2D eigenvalue weighted by Crippen LogP contribution is 2.26. The van der Waals surface area contributed by atoms with Crippen molar-refractivity contribution in [3.05, 3.63) is 0 Å². The van der Waals surface area contributed by atoms with Crippen LogP contribution in [0.15, 0.2) is 0 Å². The summed E-state index contributed by atoms with van der Waals surface area (Å²) >= 11 is 0. The van der Waals surface area contributed by atoms with Gasteiger partial charge in [0, 0.05) is 6.04 Å². The average molecular weight is 170 g/mol. The van der Waals surface area contributed by atoms with Crippen LogP contribution in [0.5, 0.6) is 0 Å². The Labute approximate surface area is 73.9 Å². The molecule has 1 saturated carbocycles. The first-order valence-corrected chi connectivity index (χ1v) is 4.58. The Hall–Kier alpha value is -0.570. The Morgan fingerprint density at radius 3 is 2.33 bits per heavy atom. The SMILES string of the molecule is CN(C)C1CCCCC1C(N)=O. The smallest absolute Gasteiger partial charge is 0.222 e. The Morgan fingerprint density at radius 1 is 1.33 bits per heavy atom. The van der Waals surface area contributed by atoms with Gasteiger partial charge in [0.1, 0.15) is 0 Å². The normalized spacial score (nSPS) is 30.6. The van der Waals surface area contributed by atoms with Crippen LogP contribution in [0.2, 0.25) is 0 Å². The van der Waals surface area contributed by atoms with Gasteiger partial charge in [-0.25, -0.2) is 0 Å². The first-order chi connectivity index (χ1) is 5.63. The first-order valence-electron chi connectivity index (χ1n) is 4.58. The van der Waals surface area contributed by atoms with Crippen molar-refractivity contribution in [1.29, 1.82) is 0 Å². The maximum absolute atomic E-state index is 11.1. The Kier molecular flexibility index (Phi) is 3.09. The van der Waals surface area contributed by atoms with Gasteiger partial charge in [-0.1, -0.05) is 12.8 Å². The lowest BCUT2D eigenvalue weighted by Gasteiger charge is -2.34. The number of amides is 1. The van der Waals surface area contributed by atoms with Gasteiger partial charge in [0.25, 0.3) is 0 Å². The number of hydrogen-bond acceptors (Lipinski definition) is 2. The molecule has 0 aliphatic heterocycles. The van der Waals surface area contributed by atoms with Crippen molar-refractivity contribution in [1.82, 2.24) is 4.90 Å². The van der Waals surface area contributed by atoms with E-state index in [0.717, 1.165) is 19.3 Å². The van der Waals surface area contributed by atoms with Crippen molar-refractivity contribution in [2.75, 3.05) is 14.1 Å². The Morgan fingerprint density at radius 2 is 1.92 bits per heavy atom. The highest BCUT2D eigenvalue weighted by Gasteiger charge is 2.30. The molecule has 2 unspecified atom stereocenters. The third kappa shape index (κ3) is 1.97. The highest BCUT2D eigenvalue weighted by atomic mass is 16.1. The minimum absolute atomic E-state index is 0.0775. The van der Waals surface area contributed by atoms with E-state index in [9.17, 15) is 4.79 Å². The van der Waals surface area contributed by atoms with E-state index < -0.39 is 0 Å². The van der Waals surface area contributed by atoms with Crippen LogP contribution >= 0.6 is 0 Å². The summed E-state index contributed by atoms with van der Waals surface area (Å²) in [5, 5.41) is 0. The lowest BCUT2D eigenvalue weighted by Crippen LogP contribution is -2.43. The Balaban J connectivity index is 2.60. The van der Waals surface area contributed by atoms with Crippen LogP contribution in [-0.4, -0.2) is 30.9 Å². The van der Waals surface area contributed by atoms with Crippen molar-refractivity contribution in [3.63, 3.8) is 0 Å². The van der Waals surface area contributed by atoms with Gasteiger partial charge in [0.15, 0.2) is 0 Å². The molecular weight excluding hydrogens is 152 g/mol. The van der Waals surface area contributed by atoms with E-state index >= 15 is 0 Å². The van der Waals surface area contributed by atoms with Gasteiger partial charge in [-0.15, -0.1) is 0 Å². The van der Waals surface area contributed by atoms with E-state index in [4.69, 9.17) is 5.73 Å². The van der Waals surface area contributed by atoms with Gasteiger partial charge >= 0.3 is 0 Å². The van der Waals surface area contributed by atoms with Crippen LogP contribution in [0, 0.1) is 5.92 Å². The monoisotopic (exact) mass is 170 g/mol. The zero-order chi connectivity index (χ0) is 9.14. The molecule has 0 aromatic rings. The molecule has 12 heavy (non-hydrogen) atoms. The third-order valence-electron chi connectivity index (χ3n) is 2.76. The second-order valence-corrected chi connectivity index (χ2v) is 3.82. The van der Waals surface area contributed by atoms with Crippen LogP contribution in [0.3, 0.4) is 0 Å². The molecule has 70 valence electrons. The second-order valence-electron chi connectivity index (χ2n) is 3.82. The largest absolute Gasteiger partial charge is 0.369 e. The summed E-state index contributed by atoms with van der Waals surface area (Å²) in [4.78, 5) is 13.2. The molecule has 1 rings (SSSR count). The second kappa shape index (κ2) is 3.90. The first kappa shape index (κ1) is 9.52. The fourth-order valence-electron chi connectivity index (χ4n) is 2.06. The quantitative estimate of drug-likeness (QED) is 0.659. The molecular formula is C9H18N2O. The number of nitrogens with zero attached hydrogens (tertiary/aromatic N) is 1. The van der Waals surface area contributed by atoms with Crippen molar-refractivity contribution >= 4 is 5.91 Å². The fourth-order valence-corrected chi connectivity index (χ4v) is 2.06. The molecule has 2 N–H and O–H groups in total. The molecule has 0 bridgehead atoms. The van der Waals surface area contributed by atoms with Gasteiger partial charge in [-0.3, -0.25) is 4.79 Å². The highest BCUT2D eigenvalue weighted by molar-refractivity contribution is 5.77. The zero-order valence-electron chi connectivity index (χ0n) is 7.92. The van der Waals surface area contributed by atoms with Crippen LogP contribution in [0.25, 0.3) is 0 Å². The minimum atomic E-state index is -0.131. The molecule has 1 aliphatic carbocycles. The summed E-state index contributed by atoms with van der Waals surface area (Å²) in [5.41, 5.74) is 5.33. The van der Waals surface area contributed by atoms with Gasteiger partial charge in [-0.2, -0.15) is 0 Å². The maximum atomic E-state index is 11.1. The molecule has 3 nitrogen and oxygen atoms in total. The maximum Gasteiger partial charge on any atom is 0.222 e. The lowest BCUT2D eigenvalue weighted by molar-refractivity contribution is -0.124. The van der Waals surface area contributed by atoms with E-state index in [1.165, 1.54) is 6.42 Å². The predicted octanol–water partition coefficient (Wildman–Crippen LogP) is 0.592. The van der Waals surface area contributed by atoms with Crippen molar-refractivity contribution in [3.8, 4) is 0 Å². The van der Waals surface area contributed by atoms with Crippen LogP contribution < -0.4 is 5.73 Å². The number of rotatable bonds is 2. The number of carbonyl (C=O) groups is 1. The fraction of sp³-hybridized carbons (Fsp3) is 0.889. The van der Waals surface area contributed by atoms with Crippen LogP contribution in [-0.2, 0) is 4.79 Å². The van der Waals surface area contributed by atoms with Crippen molar-refractivity contribution < 1.29 is 4.79 Å². The summed E-state index contributed by atoms with van der Waals surface area (Å²) in [6, 6.07) is 0.372. The topological polar surface area (TPSA) is 46.3 Å². The van der Waals surface area contributed by atoms with Gasteiger partial charge in [0.2, 0.25) is 5.91 Å². The van der Waals surface area contributed by atoms with Gasteiger partial charge in [-0.05, 0) is 26.9 Å². The average Bonchev–Trinajstić information content (AvgIpc) is 2.04. The molecule has 0 aromatic heterocycles. The number of primary amides is 1. The van der Waals surface area contributed by atoms with Crippen molar-refractivity contribution in [2.45, 2.75) is 31.7 Å². The van der Waals surface area contributed by atoms with E-state index in [2.05, 4.69) is 4.90 Å². The summed E-state index contributed by atoms with van der Waals surface area (Å²) in [5.74, 6) is -0.0536. The summed E-state index contributed by atoms with van der Waals surface area (Å²) < 4.78 is 0. The predicted molar refractivity (Wildman–Crippen MR) is 48.6 cm³/mol. The van der Waals surface area contributed by atoms with Crippen molar-refractivity contribution in [2.24, 2.45) is 11.7 Å². The molecule has 0 heterocycles. The molecule has 3 heteroatoms. The molecule has 2 atom stereocenters. The minimum Gasteiger partial charge on any atom is -0.369 e. The van der Waals surface area contributed by atoms with E-state index in [1.54, 1.807) is 0 Å². The molecule has 0 saturated heterocycles. The number of hydrogen-bond donors (Lipinski definition) is 1. The third-order valence-corrected chi connectivity index (χ3v) is 2.76. The molecule has 0 radical (unpaired) electrons. The standard InChI is InChI=1S/C9H18N2O/c1-11(2)8-6-4-3-5-7(8)9(10)12/h7-8H,3-6H2,1-2H3,(H2,10,12). The zero-order valence-corrected chi connectivity index (χ0v) is 7.92. The van der Waals surface area contributed by atoms with Crippen LogP contribution in [0.1, 0.15) is 25.7 Å². The molecule has 1 fully saturated rings. The summed E-state index contributed by atoms with van der Waals surface area (Å²) in [6.07, 6.45) is 4.46. The number of nitrogens with two attached hydrogens (primary N) is 1. The van der Waals surface area contributed by atoms with Gasteiger partial charge in [0.05, 0.1) is 5.92 Å². The summed E-state index contributed by atoms with van der Waals surface area (Å²) in [7, 11) is 4.04. The lowest BCUT2D eigenvalue weighted by atomic mass is 9.83. The molecule has 0 aromatic carbocycles. The molecule has 1 aliphatic rings. The summed E-state index contributed by atoms with van der Waals surface area (Å²) in [6.45, 7) is 0. The van der Waals surface area contributed by atoms with E-state index in [1.807, 2.05) is 14.1 Å².